The molecule has 2 aliphatic rings. The van der Waals surface area contributed by atoms with Crippen molar-refractivity contribution in [2.75, 3.05) is 86.9 Å². The van der Waals surface area contributed by atoms with E-state index in [1.807, 2.05) is 134 Å². The first-order valence-electron chi connectivity index (χ1n) is 37.7. The molecule has 1 aliphatic heterocycles. The second-order valence-electron chi connectivity index (χ2n) is 27.1. The Labute approximate surface area is 792 Å². The summed E-state index contributed by atoms with van der Waals surface area (Å²) in [7, 11) is -23.7. The Balaban J connectivity index is 0.000000259. The molecule has 1 aliphatic carbocycles. The van der Waals surface area contributed by atoms with Crippen molar-refractivity contribution >= 4 is 172 Å². The fourth-order valence-corrected chi connectivity index (χ4v) is 19.2. The van der Waals surface area contributed by atoms with Crippen LogP contribution in [0, 0.1) is 0 Å². The van der Waals surface area contributed by atoms with Crippen LogP contribution >= 0.6 is 43.2 Å². The van der Waals surface area contributed by atoms with Gasteiger partial charge in [-0.1, -0.05) is 115 Å². The fraction of sp³-hybridized carbons (Fsp3) is 0.364. The van der Waals surface area contributed by atoms with Gasteiger partial charge in [-0.2, -0.15) is 25.3 Å². The average Bonchev–Trinajstić information content (AvgIpc) is 1.64. The standard InChI is InChI=1S/C13H14N2O4S2.C13H16N2O4S2.C13H18N2O3S2.C13H18N2O3S.C13H19NO3S.C12H14N2O4S2.3Na/c16-13(8-20-21(17,18)19)15-6-5-10-9-3-1-2-4-11(9)14-12(10)7-15;16-13(6-8-20-21(17,18)19)14-7-5-10-9-15-12-4-2-1-3-11(10)12;16-20(17,18)19-9-3-7-14-8-6-11-10-15-13-5-2-1-4-12(11)13;16-19(17,18)9-3-7-14-8-6-11-10-15-13-5-2-1-4-12(11)13;15-18(16,17)10-4-9-14-13-8-3-6-11-5-1-2-7-12(11)13;15-12(8-19-20(16,17)18)13-6-5-9-7-14-11-4-2-1-3-10(9)11;;;/h1-4,14H,5-8H2,(H,17,18,19);1-4,9,15H,5-8H2,(H,14,16)(H,17,18,19);1-2,4-5,10,14-15H,3,6-9H2,(H,16,17,18);1-2,4-5,10,14-15H,3,6-9H2,(H,16,17,18);1-2,5,7,13-14H,3-4,6,8-10H2,(H,15,16,17);1-4,7,14H,5-6,8H2,(H,13,15)(H,16,17,18);;;/q;;;;;;3*+1/p-3. The number of carbonyl (C=O) groups is 3. The summed E-state index contributed by atoms with van der Waals surface area (Å²) in [6.07, 6.45) is 16.6. The van der Waals surface area contributed by atoms with Crippen LogP contribution in [0.5, 0.6) is 0 Å². The quantitative estimate of drug-likeness (QED) is 0.0110. The van der Waals surface area contributed by atoms with Gasteiger partial charge in [0.05, 0.1) is 29.6 Å². The minimum atomic E-state index is -4.43. The maximum atomic E-state index is 12.0. The fourth-order valence-electron chi connectivity index (χ4n) is 13.1. The number of carbonyl (C=O) groups excluding carboxylic acids is 3. The number of fused-ring (bicyclic) bond motifs is 8. The van der Waals surface area contributed by atoms with E-state index in [9.17, 15) is 78.5 Å². The molecule has 3 amide bonds. The van der Waals surface area contributed by atoms with Gasteiger partial charge in [0.2, 0.25) is 17.7 Å². The summed E-state index contributed by atoms with van der Waals surface area (Å²) < 4.78 is 183. The Morgan fingerprint density at radius 2 is 0.852 bits per heavy atom. The topological polar surface area (TPSA) is 528 Å². The van der Waals surface area contributed by atoms with Crippen molar-refractivity contribution in [1.82, 2.24) is 56.4 Å². The van der Waals surface area contributed by atoms with Crippen molar-refractivity contribution in [3.05, 3.63) is 215 Å². The van der Waals surface area contributed by atoms with Crippen LogP contribution in [0.2, 0.25) is 0 Å². The first kappa shape index (κ1) is 108. The van der Waals surface area contributed by atoms with Gasteiger partial charge in [-0.25, -0.2) is 25.3 Å². The maximum absolute atomic E-state index is 12.0. The molecular weight excluding hydrogens is 1800 g/mol. The van der Waals surface area contributed by atoms with E-state index in [0.717, 1.165) is 119 Å². The van der Waals surface area contributed by atoms with Gasteiger partial charge in [0.25, 0.3) is 20.2 Å². The number of aromatic nitrogens is 5. The van der Waals surface area contributed by atoms with Crippen molar-refractivity contribution in [1.29, 1.82) is 0 Å². The van der Waals surface area contributed by atoms with Gasteiger partial charge in [0.15, 0.2) is 0 Å². The van der Waals surface area contributed by atoms with Gasteiger partial charge in [-0.05, 0) is 216 Å². The van der Waals surface area contributed by atoms with Gasteiger partial charge in [-0.15, -0.1) is 0 Å². The second kappa shape index (κ2) is 53.8. The Bertz CT molecular complexity index is 5870. The van der Waals surface area contributed by atoms with Crippen molar-refractivity contribution in [2.45, 2.75) is 89.6 Å². The molecule has 6 aromatic carbocycles. The smallest absolute Gasteiger partial charge is 0.739 e. The number of H-pyrrole nitrogens is 5. The van der Waals surface area contributed by atoms with E-state index in [2.05, 4.69) is 87.9 Å². The van der Waals surface area contributed by atoms with E-state index in [-0.39, 0.29) is 168 Å². The molecule has 45 heteroatoms. The largest absolute Gasteiger partial charge is 1.00 e. The van der Waals surface area contributed by atoms with Gasteiger partial charge < -0.3 is 70.1 Å². The van der Waals surface area contributed by atoms with E-state index in [1.54, 1.807) is 4.90 Å². The van der Waals surface area contributed by atoms with Crippen LogP contribution in [-0.2, 0) is 116 Å². The number of benzene rings is 6. The predicted octanol–water partition coefficient (Wildman–Crippen LogP) is 0.424. The summed E-state index contributed by atoms with van der Waals surface area (Å²) in [6, 6.07) is 48.7. The first-order valence-corrected chi connectivity index (χ1v) is 52.6. The van der Waals surface area contributed by atoms with Crippen LogP contribution < -0.4 is 115 Å². The van der Waals surface area contributed by atoms with Gasteiger partial charge in [-0.3, -0.25) is 28.0 Å². The molecule has 6 heterocycles. The van der Waals surface area contributed by atoms with Crippen LogP contribution in [0.15, 0.2) is 170 Å². The van der Waals surface area contributed by atoms with Crippen LogP contribution in [-0.4, -0.2) is 212 Å². The molecule has 1 atom stereocenters. The third-order valence-corrected chi connectivity index (χ3v) is 28.1. The van der Waals surface area contributed by atoms with Crippen LogP contribution in [0.4, 0.5) is 0 Å². The molecule has 0 radical (unpaired) electrons. The van der Waals surface area contributed by atoms with Crippen molar-refractivity contribution in [3.63, 3.8) is 0 Å². The molecule has 0 bridgehead atoms. The molecule has 0 spiro atoms. The van der Waals surface area contributed by atoms with Crippen LogP contribution in [0.3, 0.4) is 0 Å². The third kappa shape index (κ3) is 40.7. The number of hydrogen-bond donors (Lipinski definition) is 13. The molecule has 0 saturated carbocycles. The van der Waals surface area contributed by atoms with Gasteiger partial charge in [0.1, 0.15) is 27.5 Å². The predicted molar refractivity (Wildman–Crippen MR) is 469 cm³/mol. The minimum Gasteiger partial charge on any atom is -0.739 e. The van der Waals surface area contributed by atoms with E-state index < -0.39 is 62.7 Å². The SMILES string of the molecule is O=C(CCSS(=O)(=O)[O-])NCCc1c[nH]c2ccccc12.O=C(CSS(=O)(=O)[O-])N1CCc2c([nH]c3ccccc23)C1.O=C(CSS(=O)(=O)[O-])NCCc1c[nH]c2ccccc12.O=S(=O)(O)CCCNC1CCCc2ccccc21.O=S(=O)(O)CCCNCCc1c[nH]c2ccccc12.O=S(=O)(O)SCCCNCCc1c[nH]c2ccccc12.[Na+].[Na+].[Na+]. The number of nitrogens with zero attached hydrogens (tertiary/aromatic N) is 1. The summed E-state index contributed by atoms with van der Waals surface area (Å²) in [4.78, 5) is 52.4. The van der Waals surface area contributed by atoms with E-state index in [1.165, 1.54) is 38.6 Å². The number of amides is 3. The molecule has 0 fully saturated rings. The molecule has 13 N–H and O–H groups in total. The number of aryl methyl sites for hydroxylation is 1. The number of aromatic amines is 5. The molecular formula is C77H96N11Na3O21S10. The van der Waals surface area contributed by atoms with Gasteiger partial charge in [0, 0.05) is 129 Å². The molecule has 13 rings (SSSR count). The zero-order valence-electron chi connectivity index (χ0n) is 67.6. The molecule has 5 aromatic heterocycles. The Hall–Kier alpha value is -4.83. The number of nitrogens with one attached hydrogen (secondary N) is 10. The average molecular weight is 1900 g/mol. The maximum Gasteiger partial charge on any atom is 1.00 e. The Morgan fingerprint density at radius 1 is 0.443 bits per heavy atom. The summed E-state index contributed by atoms with van der Waals surface area (Å²) in [6.45, 7) is 5.38. The monoisotopic (exact) mass is 1900 g/mol. The summed E-state index contributed by atoms with van der Waals surface area (Å²) in [5, 5.41) is 21.0. The summed E-state index contributed by atoms with van der Waals surface area (Å²) in [5.41, 5.74) is 15.0. The van der Waals surface area contributed by atoms with Crippen LogP contribution in [0.25, 0.3) is 54.5 Å². The Kier molecular flexibility index (Phi) is 47.5. The molecule has 0 saturated heterocycles. The van der Waals surface area contributed by atoms with E-state index in [4.69, 9.17) is 13.7 Å². The second-order valence-corrected chi connectivity index (χ2v) is 43.7. The van der Waals surface area contributed by atoms with Crippen molar-refractivity contribution in [3.8, 4) is 0 Å². The Morgan fingerprint density at radius 3 is 1.32 bits per heavy atom. The number of para-hydroxylation sites is 5. The molecule has 1 unspecified atom stereocenters. The molecule has 122 heavy (non-hydrogen) atoms. The number of hydrogen-bond acceptors (Lipinski definition) is 25. The summed E-state index contributed by atoms with van der Waals surface area (Å²) >= 11 is 0. The minimum absolute atomic E-state index is 0. The molecule has 32 nitrogen and oxygen atoms in total. The zero-order valence-corrected chi connectivity index (χ0v) is 81.7. The normalized spacial score (nSPS) is 13.3. The summed E-state index contributed by atoms with van der Waals surface area (Å²) in [5.74, 6) is -1.74. The molecule has 11 aromatic rings. The van der Waals surface area contributed by atoms with Crippen molar-refractivity contribution < 1.29 is 181 Å². The van der Waals surface area contributed by atoms with E-state index >= 15 is 0 Å². The van der Waals surface area contributed by atoms with Crippen LogP contribution in [0.1, 0.15) is 89.2 Å². The zero-order chi connectivity index (χ0) is 86.1. The van der Waals surface area contributed by atoms with Gasteiger partial charge >= 0.3 is 97.8 Å². The van der Waals surface area contributed by atoms with E-state index in [0.29, 0.717) is 94.0 Å². The third-order valence-electron chi connectivity index (χ3n) is 18.6. The first-order chi connectivity index (χ1) is 56.5. The number of rotatable bonds is 36. The molecule has 648 valence electrons. The van der Waals surface area contributed by atoms with Crippen molar-refractivity contribution in [2.24, 2.45) is 0 Å².